The van der Waals surface area contributed by atoms with E-state index in [1.807, 2.05) is 30.3 Å². The molecule has 4 N–H and O–H groups in total. The van der Waals surface area contributed by atoms with Gasteiger partial charge in [0.05, 0.1) is 18.1 Å². The van der Waals surface area contributed by atoms with Crippen LogP contribution < -0.4 is 5.73 Å². The van der Waals surface area contributed by atoms with Gasteiger partial charge in [0.15, 0.2) is 0 Å². The number of methoxy groups -OCH3 is 1. The molecule has 0 saturated heterocycles. The molecule has 0 bridgehead atoms. The molecule has 1 aliphatic rings. The summed E-state index contributed by atoms with van der Waals surface area (Å²) in [5.74, 6) is -1.30. The van der Waals surface area contributed by atoms with Crippen molar-refractivity contribution in [1.29, 1.82) is 0 Å². The summed E-state index contributed by atoms with van der Waals surface area (Å²) >= 11 is 0. The average Bonchev–Trinajstić information content (AvgIpc) is 2.55. The number of aliphatic hydroxyl groups is 1. The molecule has 1 aliphatic carbocycles. The van der Waals surface area contributed by atoms with Gasteiger partial charge in [-0.1, -0.05) is 30.3 Å². The van der Waals surface area contributed by atoms with Crippen molar-refractivity contribution in [3.8, 4) is 0 Å². The van der Waals surface area contributed by atoms with E-state index in [2.05, 4.69) is 0 Å². The van der Waals surface area contributed by atoms with E-state index >= 15 is 0 Å². The Kier molecular flexibility index (Phi) is 6.57. The van der Waals surface area contributed by atoms with Crippen molar-refractivity contribution < 1.29 is 19.7 Å². The minimum absolute atomic E-state index is 0.0770. The van der Waals surface area contributed by atoms with Crippen LogP contribution in [0.25, 0.3) is 0 Å². The maximum Gasteiger partial charge on any atom is 0.306 e. The summed E-state index contributed by atoms with van der Waals surface area (Å²) in [6.07, 6.45) is 2.38. The lowest BCUT2D eigenvalue weighted by atomic mass is 9.74. The van der Waals surface area contributed by atoms with Crippen molar-refractivity contribution in [2.75, 3.05) is 7.11 Å². The second kappa shape index (κ2) is 8.43. The number of nitrogens with two attached hydrogens (primary N) is 1. The lowest BCUT2D eigenvalue weighted by Gasteiger charge is -2.35. The zero-order valence-corrected chi connectivity index (χ0v) is 13.6. The fourth-order valence-electron chi connectivity index (χ4n) is 3.53. The number of benzene rings is 1. The van der Waals surface area contributed by atoms with E-state index in [1.165, 1.54) is 0 Å². The van der Waals surface area contributed by atoms with E-state index in [-0.39, 0.29) is 12.0 Å². The minimum Gasteiger partial charge on any atom is -0.481 e. The Hall–Kier alpha value is -1.43. The molecular formula is C18H27NO4. The third-order valence-electron chi connectivity index (χ3n) is 4.94. The summed E-state index contributed by atoms with van der Waals surface area (Å²) in [6.45, 7) is 0. The molecule has 5 nitrogen and oxygen atoms in total. The zero-order valence-electron chi connectivity index (χ0n) is 13.6. The van der Waals surface area contributed by atoms with Crippen molar-refractivity contribution in [2.24, 2.45) is 17.6 Å². The van der Waals surface area contributed by atoms with E-state index in [1.54, 1.807) is 7.11 Å². The Bertz CT molecular complexity index is 493. The number of rotatable bonds is 7. The Balaban J connectivity index is 1.95. The second-order valence-corrected chi connectivity index (χ2v) is 6.53. The highest BCUT2D eigenvalue weighted by atomic mass is 16.5. The third kappa shape index (κ3) is 5.03. The first kappa shape index (κ1) is 17.9. The Morgan fingerprint density at radius 1 is 1.35 bits per heavy atom. The fourth-order valence-corrected chi connectivity index (χ4v) is 3.53. The molecule has 1 aromatic rings. The number of carbonyl (C=O) groups is 1. The summed E-state index contributed by atoms with van der Waals surface area (Å²) in [5.41, 5.74) is 7.20. The van der Waals surface area contributed by atoms with Crippen LogP contribution in [0.15, 0.2) is 30.3 Å². The van der Waals surface area contributed by atoms with Gasteiger partial charge in [-0.15, -0.1) is 0 Å². The summed E-state index contributed by atoms with van der Waals surface area (Å²) in [5, 5.41) is 19.8. The van der Waals surface area contributed by atoms with E-state index in [0.717, 1.165) is 12.0 Å². The van der Waals surface area contributed by atoms with Crippen LogP contribution in [0.5, 0.6) is 0 Å². The molecule has 2 rings (SSSR count). The predicted octanol–water partition coefficient (Wildman–Crippen LogP) is 1.82. The molecule has 0 aromatic heterocycles. The van der Waals surface area contributed by atoms with Crippen LogP contribution in [0.3, 0.4) is 0 Å². The molecule has 0 spiro atoms. The Morgan fingerprint density at radius 3 is 2.65 bits per heavy atom. The highest BCUT2D eigenvalue weighted by molar-refractivity contribution is 5.70. The van der Waals surface area contributed by atoms with Crippen LogP contribution in [-0.2, 0) is 16.0 Å². The maximum atomic E-state index is 11.4. The molecule has 128 valence electrons. The third-order valence-corrected chi connectivity index (χ3v) is 4.94. The highest BCUT2D eigenvalue weighted by Gasteiger charge is 2.36. The smallest absolute Gasteiger partial charge is 0.306 e. The average molecular weight is 321 g/mol. The van der Waals surface area contributed by atoms with Gasteiger partial charge < -0.3 is 20.7 Å². The summed E-state index contributed by atoms with van der Waals surface area (Å²) < 4.78 is 5.38. The van der Waals surface area contributed by atoms with Crippen LogP contribution in [0, 0.1) is 11.8 Å². The van der Waals surface area contributed by atoms with Gasteiger partial charge in [-0.2, -0.15) is 0 Å². The molecule has 1 saturated carbocycles. The number of hydrogen-bond acceptors (Lipinski definition) is 4. The first-order valence-corrected chi connectivity index (χ1v) is 8.24. The molecule has 5 atom stereocenters. The fraction of sp³-hybridized carbons (Fsp3) is 0.611. The number of carboxylic acid groups (broad SMARTS) is 1. The van der Waals surface area contributed by atoms with E-state index in [0.29, 0.717) is 25.7 Å². The first-order valence-electron chi connectivity index (χ1n) is 8.24. The molecule has 0 radical (unpaired) electrons. The van der Waals surface area contributed by atoms with Gasteiger partial charge in [0.25, 0.3) is 0 Å². The standard InChI is InChI=1S/C18H27NO4/c1-23-14-7-8-15(18(21)22)13(10-14)11-17(20)16(19)9-12-5-3-2-4-6-12/h2-6,13-17,20H,7-11,19H2,1H3,(H,21,22). The number of hydrogen-bond donors (Lipinski definition) is 3. The predicted molar refractivity (Wildman–Crippen MR) is 88.0 cm³/mol. The zero-order chi connectivity index (χ0) is 16.8. The van der Waals surface area contributed by atoms with E-state index in [4.69, 9.17) is 10.5 Å². The van der Waals surface area contributed by atoms with Crippen molar-refractivity contribution in [3.05, 3.63) is 35.9 Å². The number of aliphatic carboxylic acids is 1. The Labute approximate surface area is 137 Å². The van der Waals surface area contributed by atoms with Crippen molar-refractivity contribution in [1.82, 2.24) is 0 Å². The highest BCUT2D eigenvalue weighted by Crippen LogP contribution is 2.35. The molecule has 23 heavy (non-hydrogen) atoms. The van der Waals surface area contributed by atoms with Gasteiger partial charge in [0.2, 0.25) is 0 Å². The Morgan fingerprint density at radius 2 is 2.04 bits per heavy atom. The minimum atomic E-state index is -0.784. The van der Waals surface area contributed by atoms with Crippen molar-refractivity contribution in [3.63, 3.8) is 0 Å². The van der Waals surface area contributed by atoms with Crippen molar-refractivity contribution in [2.45, 2.75) is 50.4 Å². The number of aliphatic hydroxyl groups excluding tert-OH is 1. The quantitative estimate of drug-likeness (QED) is 0.712. The largest absolute Gasteiger partial charge is 0.481 e. The molecule has 0 amide bonds. The van der Waals surface area contributed by atoms with E-state index in [9.17, 15) is 15.0 Å². The first-order chi connectivity index (χ1) is 11.0. The normalized spacial score (nSPS) is 27.3. The lowest BCUT2D eigenvalue weighted by Crippen LogP contribution is -2.42. The molecule has 5 heteroatoms. The summed E-state index contributed by atoms with van der Waals surface area (Å²) in [6, 6.07) is 9.39. The molecular weight excluding hydrogens is 294 g/mol. The van der Waals surface area contributed by atoms with Crippen LogP contribution in [0.4, 0.5) is 0 Å². The molecule has 1 fully saturated rings. The molecule has 0 aliphatic heterocycles. The number of carboxylic acids is 1. The molecule has 1 aromatic carbocycles. The summed E-state index contributed by atoms with van der Waals surface area (Å²) in [7, 11) is 1.65. The topological polar surface area (TPSA) is 92.8 Å². The summed E-state index contributed by atoms with van der Waals surface area (Å²) in [4.78, 5) is 11.4. The van der Waals surface area contributed by atoms with Gasteiger partial charge in [-0.25, -0.2) is 0 Å². The SMILES string of the molecule is COC1CCC(C(=O)O)C(CC(O)C(N)Cc2ccccc2)C1. The van der Waals surface area contributed by atoms with Gasteiger partial charge in [-0.3, -0.25) is 4.79 Å². The van der Waals surface area contributed by atoms with Crippen molar-refractivity contribution >= 4 is 5.97 Å². The molecule has 0 heterocycles. The van der Waals surface area contributed by atoms with Gasteiger partial charge in [0.1, 0.15) is 0 Å². The van der Waals surface area contributed by atoms with Crippen LogP contribution in [0.2, 0.25) is 0 Å². The van der Waals surface area contributed by atoms with Gasteiger partial charge >= 0.3 is 5.97 Å². The van der Waals surface area contributed by atoms with Gasteiger partial charge in [0, 0.05) is 13.2 Å². The van der Waals surface area contributed by atoms with Crippen LogP contribution in [-0.4, -0.2) is 41.5 Å². The van der Waals surface area contributed by atoms with E-state index < -0.39 is 24.0 Å². The molecule has 5 unspecified atom stereocenters. The second-order valence-electron chi connectivity index (χ2n) is 6.53. The number of ether oxygens (including phenoxy) is 1. The van der Waals surface area contributed by atoms with Gasteiger partial charge in [-0.05, 0) is 43.6 Å². The van der Waals surface area contributed by atoms with Crippen LogP contribution >= 0.6 is 0 Å². The lowest BCUT2D eigenvalue weighted by molar-refractivity contribution is -0.147. The maximum absolute atomic E-state index is 11.4. The van der Waals surface area contributed by atoms with Crippen LogP contribution in [0.1, 0.15) is 31.2 Å². The monoisotopic (exact) mass is 321 g/mol.